The van der Waals surface area contributed by atoms with Gasteiger partial charge in [0.2, 0.25) is 0 Å². The molecule has 0 bridgehead atoms. The molecule has 0 saturated carbocycles. The third kappa shape index (κ3) is 3.65. The highest BCUT2D eigenvalue weighted by Gasteiger charge is 2.08. The first-order valence-electron chi connectivity index (χ1n) is 8.44. The smallest absolute Gasteiger partial charge is 0.00724 e. The maximum atomic E-state index is 4.04. The Bertz CT molecular complexity index is 867. The third-order valence-electron chi connectivity index (χ3n) is 4.28. The zero-order valence-corrected chi connectivity index (χ0v) is 14.8. The van der Waals surface area contributed by atoms with Crippen molar-refractivity contribution in [3.8, 4) is 22.3 Å². The molecule has 3 rings (SSSR count). The van der Waals surface area contributed by atoms with E-state index in [0.29, 0.717) is 0 Å². The quantitative estimate of drug-likeness (QED) is 0.467. The maximum Gasteiger partial charge on any atom is -0.00724 e. The molecular weight excluding hydrogens is 288 g/mol. The maximum absolute atomic E-state index is 4.04. The molecule has 0 nitrogen and oxygen atoms in total. The van der Waals surface area contributed by atoms with Gasteiger partial charge in [-0.3, -0.25) is 0 Å². The van der Waals surface area contributed by atoms with Gasteiger partial charge in [0.1, 0.15) is 0 Å². The van der Waals surface area contributed by atoms with Crippen LogP contribution in [0.4, 0.5) is 0 Å². The van der Waals surface area contributed by atoms with Crippen LogP contribution in [0.2, 0.25) is 0 Å². The molecule has 0 spiro atoms. The molecule has 3 aromatic carbocycles. The lowest BCUT2D eigenvalue weighted by molar-refractivity contribution is 1.16. The number of aryl methyl sites for hydroxylation is 2. The van der Waals surface area contributed by atoms with E-state index < -0.39 is 0 Å². The van der Waals surface area contributed by atoms with Gasteiger partial charge in [-0.25, -0.2) is 0 Å². The van der Waals surface area contributed by atoms with Gasteiger partial charge in [0.25, 0.3) is 0 Å². The molecule has 0 aliphatic heterocycles. The lowest BCUT2D eigenvalue weighted by atomic mass is 9.91. The van der Waals surface area contributed by atoms with Crippen molar-refractivity contribution in [2.24, 2.45) is 0 Å². The summed E-state index contributed by atoms with van der Waals surface area (Å²) in [5, 5.41) is 0. The first kappa shape index (κ1) is 16.3. The summed E-state index contributed by atoms with van der Waals surface area (Å²) in [6, 6.07) is 24.3. The van der Waals surface area contributed by atoms with Gasteiger partial charge in [-0.15, -0.1) is 0 Å². The molecule has 0 unspecified atom stereocenters. The predicted molar refractivity (Wildman–Crippen MR) is 105 cm³/mol. The molecule has 24 heavy (non-hydrogen) atoms. The van der Waals surface area contributed by atoms with Gasteiger partial charge in [0, 0.05) is 0 Å². The minimum atomic E-state index is 0.930. The van der Waals surface area contributed by atoms with E-state index in [1.807, 2.05) is 0 Å². The Morgan fingerprint density at radius 2 is 1.46 bits per heavy atom. The molecule has 0 fully saturated rings. The van der Waals surface area contributed by atoms with Crippen molar-refractivity contribution in [3.63, 3.8) is 0 Å². The molecule has 0 aromatic heterocycles. The van der Waals surface area contributed by atoms with Crippen LogP contribution in [-0.4, -0.2) is 0 Å². The second-order valence-electron chi connectivity index (χ2n) is 6.75. The van der Waals surface area contributed by atoms with E-state index in [4.69, 9.17) is 0 Å². The van der Waals surface area contributed by atoms with E-state index in [9.17, 15) is 0 Å². The van der Waals surface area contributed by atoms with Crippen LogP contribution in [-0.2, 0) is 6.42 Å². The molecule has 0 aliphatic rings. The van der Waals surface area contributed by atoms with E-state index in [1.54, 1.807) is 0 Å². The summed E-state index contributed by atoms with van der Waals surface area (Å²) in [7, 11) is 0. The fourth-order valence-corrected chi connectivity index (χ4v) is 3.08. The molecular formula is C24H24. The fourth-order valence-electron chi connectivity index (χ4n) is 3.08. The largest absolute Gasteiger partial charge is 0.0998 e. The van der Waals surface area contributed by atoms with Gasteiger partial charge < -0.3 is 0 Å². The molecule has 0 N–H and O–H groups in total. The Labute approximate surface area is 145 Å². The Kier molecular flexibility index (Phi) is 4.66. The standard InChI is InChI=1S/C24H24/c1-17(2)14-20-6-5-7-22(16-20)23-13-10-19(4)15-24(23)21-11-8-18(3)9-12-21/h5-13,15-16H,1,14H2,2-4H3. The van der Waals surface area contributed by atoms with Crippen LogP contribution in [0, 0.1) is 13.8 Å². The fraction of sp³-hybridized carbons (Fsp3) is 0.167. The van der Waals surface area contributed by atoms with Crippen LogP contribution in [0.25, 0.3) is 22.3 Å². The summed E-state index contributed by atoms with van der Waals surface area (Å²) in [4.78, 5) is 0. The minimum absolute atomic E-state index is 0.930. The summed E-state index contributed by atoms with van der Waals surface area (Å²) in [5.41, 5.74) is 10.2. The van der Waals surface area contributed by atoms with E-state index in [1.165, 1.54) is 44.5 Å². The third-order valence-corrected chi connectivity index (χ3v) is 4.28. The first-order chi connectivity index (χ1) is 11.5. The highest BCUT2D eigenvalue weighted by molar-refractivity contribution is 5.84. The zero-order chi connectivity index (χ0) is 17.1. The van der Waals surface area contributed by atoms with Gasteiger partial charge in [0.15, 0.2) is 0 Å². The summed E-state index contributed by atoms with van der Waals surface area (Å²) in [6.07, 6.45) is 0.930. The highest BCUT2D eigenvalue weighted by Crippen LogP contribution is 2.33. The van der Waals surface area contributed by atoms with Crippen molar-refractivity contribution < 1.29 is 0 Å². The lowest BCUT2D eigenvalue weighted by Gasteiger charge is -2.13. The summed E-state index contributed by atoms with van der Waals surface area (Å²) in [6.45, 7) is 10.4. The van der Waals surface area contributed by atoms with Crippen LogP contribution in [0.5, 0.6) is 0 Å². The average Bonchev–Trinajstić information content (AvgIpc) is 2.55. The molecule has 0 saturated heterocycles. The number of hydrogen-bond donors (Lipinski definition) is 0. The van der Waals surface area contributed by atoms with Gasteiger partial charge in [0.05, 0.1) is 0 Å². The second kappa shape index (κ2) is 6.88. The summed E-state index contributed by atoms with van der Waals surface area (Å²) >= 11 is 0. The second-order valence-corrected chi connectivity index (χ2v) is 6.75. The summed E-state index contributed by atoms with van der Waals surface area (Å²) in [5.74, 6) is 0. The predicted octanol–water partition coefficient (Wildman–Crippen LogP) is 6.76. The van der Waals surface area contributed by atoms with E-state index in [2.05, 4.69) is 94.1 Å². The molecule has 0 heteroatoms. The number of allylic oxidation sites excluding steroid dienone is 1. The first-order valence-corrected chi connectivity index (χ1v) is 8.44. The Balaban J connectivity index is 2.11. The zero-order valence-electron chi connectivity index (χ0n) is 14.8. The molecule has 3 aromatic rings. The topological polar surface area (TPSA) is 0 Å². The van der Waals surface area contributed by atoms with Gasteiger partial charge >= 0.3 is 0 Å². The molecule has 0 heterocycles. The van der Waals surface area contributed by atoms with Crippen molar-refractivity contribution in [2.75, 3.05) is 0 Å². The molecule has 120 valence electrons. The van der Waals surface area contributed by atoms with Crippen molar-refractivity contribution in [3.05, 3.63) is 95.6 Å². The van der Waals surface area contributed by atoms with Crippen LogP contribution >= 0.6 is 0 Å². The van der Waals surface area contributed by atoms with E-state index in [0.717, 1.165) is 6.42 Å². The average molecular weight is 312 g/mol. The van der Waals surface area contributed by atoms with Crippen molar-refractivity contribution in [2.45, 2.75) is 27.2 Å². The Morgan fingerprint density at radius 1 is 0.750 bits per heavy atom. The van der Waals surface area contributed by atoms with Crippen LogP contribution in [0.15, 0.2) is 78.9 Å². The molecule has 0 radical (unpaired) electrons. The van der Waals surface area contributed by atoms with Crippen LogP contribution in [0.1, 0.15) is 23.6 Å². The molecule has 0 atom stereocenters. The van der Waals surface area contributed by atoms with E-state index in [-0.39, 0.29) is 0 Å². The van der Waals surface area contributed by atoms with E-state index >= 15 is 0 Å². The minimum Gasteiger partial charge on any atom is -0.0998 e. The monoisotopic (exact) mass is 312 g/mol. The molecule has 0 aliphatic carbocycles. The number of rotatable bonds is 4. The van der Waals surface area contributed by atoms with Crippen LogP contribution < -0.4 is 0 Å². The molecule has 0 amide bonds. The van der Waals surface area contributed by atoms with Crippen LogP contribution in [0.3, 0.4) is 0 Å². The normalized spacial score (nSPS) is 10.6. The number of hydrogen-bond acceptors (Lipinski definition) is 0. The van der Waals surface area contributed by atoms with Crippen molar-refractivity contribution >= 4 is 0 Å². The lowest BCUT2D eigenvalue weighted by Crippen LogP contribution is -1.90. The van der Waals surface area contributed by atoms with Gasteiger partial charge in [-0.1, -0.05) is 90.0 Å². The summed E-state index contributed by atoms with van der Waals surface area (Å²) < 4.78 is 0. The highest BCUT2D eigenvalue weighted by atomic mass is 14.1. The number of benzene rings is 3. The Morgan fingerprint density at radius 3 is 2.17 bits per heavy atom. The van der Waals surface area contributed by atoms with Gasteiger partial charge in [-0.2, -0.15) is 0 Å². The van der Waals surface area contributed by atoms with Crippen molar-refractivity contribution in [1.82, 2.24) is 0 Å². The SMILES string of the molecule is C=C(C)Cc1cccc(-c2ccc(C)cc2-c2ccc(C)cc2)c1. The van der Waals surface area contributed by atoms with Crippen molar-refractivity contribution in [1.29, 1.82) is 0 Å². The van der Waals surface area contributed by atoms with Gasteiger partial charge in [-0.05, 0) is 55.0 Å². The Hall–Kier alpha value is -2.60.